The fraction of sp³-hybridized carbons (Fsp3) is 0.357. The van der Waals surface area contributed by atoms with Crippen molar-refractivity contribution in [1.82, 2.24) is 20.5 Å². The van der Waals surface area contributed by atoms with Crippen LogP contribution in [0.5, 0.6) is 0 Å². The SMILES string of the molecule is O=C(NC[C@H]1CCO[C@@H]1c1cn[nH]c1)c1ncc(F)cc1F. The van der Waals surface area contributed by atoms with E-state index in [1.807, 2.05) is 0 Å². The first-order valence-corrected chi connectivity index (χ1v) is 6.84. The van der Waals surface area contributed by atoms with Gasteiger partial charge >= 0.3 is 0 Å². The quantitative estimate of drug-likeness (QED) is 0.899. The number of amides is 1. The highest BCUT2D eigenvalue weighted by molar-refractivity contribution is 5.92. The topological polar surface area (TPSA) is 79.9 Å². The molecule has 8 heteroatoms. The van der Waals surface area contributed by atoms with E-state index in [4.69, 9.17) is 4.74 Å². The summed E-state index contributed by atoms with van der Waals surface area (Å²) in [5.41, 5.74) is 0.489. The maximum absolute atomic E-state index is 13.5. The summed E-state index contributed by atoms with van der Waals surface area (Å²) in [7, 11) is 0. The van der Waals surface area contributed by atoms with E-state index in [1.54, 1.807) is 12.4 Å². The minimum atomic E-state index is -0.980. The van der Waals surface area contributed by atoms with Gasteiger partial charge in [-0.25, -0.2) is 13.8 Å². The van der Waals surface area contributed by atoms with Gasteiger partial charge in [0.2, 0.25) is 0 Å². The lowest BCUT2D eigenvalue weighted by Gasteiger charge is -2.17. The third-order valence-electron chi connectivity index (χ3n) is 3.61. The van der Waals surface area contributed by atoms with Gasteiger partial charge in [0.25, 0.3) is 5.91 Å². The van der Waals surface area contributed by atoms with Crippen LogP contribution in [0, 0.1) is 17.6 Å². The van der Waals surface area contributed by atoms with E-state index >= 15 is 0 Å². The number of rotatable bonds is 4. The Morgan fingerprint density at radius 2 is 2.32 bits per heavy atom. The van der Waals surface area contributed by atoms with Crippen molar-refractivity contribution in [3.05, 3.63) is 47.5 Å². The maximum Gasteiger partial charge on any atom is 0.272 e. The Hall–Kier alpha value is -2.35. The number of H-pyrrole nitrogens is 1. The highest BCUT2D eigenvalue weighted by atomic mass is 19.1. The maximum atomic E-state index is 13.5. The summed E-state index contributed by atoms with van der Waals surface area (Å²) in [5.74, 6) is -2.41. The molecule has 0 spiro atoms. The number of carbonyl (C=O) groups excluding carboxylic acids is 1. The Balaban J connectivity index is 1.63. The van der Waals surface area contributed by atoms with Crippen molar-refractivity contribution in [2.45, 2.75) is 12.5 Å². The number of hydrogen-bond donors (Lipinski definition) is 2. The average Bonchev–Trinajstić information content (AvgIpc) is 3.15. The zero-order chi connectivity index (χ0) is 15.5. The van der Waals surface area contributed by atoms with Crippen LogP contribution in [0.3, 0.4) is 0 Å². The second-order valence-corrected chi connectivity index (χ2v) is 5.07. The number of aromatic nitrogens is 3. The van der Waals surface area contributed by atoms with E-state index in [0.29, 0.717) is 19.2 Å². The molecule has 0 unspecified atom stereocenters. The van der Waals surface area contributed by atoms with Crippen LogP contribution in [0.25, 0.3) is 0 Å². The highest BCUT2D eigenvalue weighted by Crippen LogP contribution is 2.33. The molecule has 22 heavy (non-hydrogen) atoms. The predicted octanol–water partition coefficient (Wildman–Crippen LogP) is 1.59. The molecule has 0 radical (unpaired) electrons. The van der Waals surface area contributed by atoms with E-state index in [1.165, 1.54) is 0 Å². The van der Waals surface area contributed by atoms with Crippen molar-refractivity contribution < 1.29 is 18.3 Å². The molecule has 116 valence electrons. The lowest BCUT2D eigenvalue weighted by molar-refractivity contribution is 0.0842. The van der Waals surface area contributed by atoms with Crippen molar-refractivity contribution in [3.63, 3.8) is 0 Å². The number of halogens is 2. The molecule has 1 aliphatic heterocycles. The molecule has 2 atom stereocenters. The first-order chi connectivity index (χ1) is 10.6. The Labute approximate surface area is 124 Å². The van der Waals surface area contributed by atoms with Crippen LogP contribution >= 0.6 is 0 Å². The number of nitrogens with zero attached hydrogens (tertiary/aromatic N) is 2. The second kappa shape index (κ2) is 6.18. The standard InChI is InChI=1S/C14H14F2N4O2/c15-10-3-11(16)12(17-7-10)14(21)18-4-8-1-2-22-13(8)9-5-19-20-6-9/h3,5-8,13H,1-2,4H2,(H,18,21)(H,19,20)/t8-,13+/m1/s1. The summed E-state index contributed by atoms with van der Waals surface area (Å²) in [6.45, 7) is 0.896. The molecule has 1 aliphatic rings. The van der Waals surface area contributed by atoms with E-state index in [9.17, 15) is 13.6 Å². The minimum absolute atomic E-state index is 0.0602. The summed E-state index contributed by atoms with van der Waals surface area (Å²) in [6.07, 6.45) is 4.84. The molecule has 3 heterocycles. The van der Waals surface area contributed by atoms with Crippen LogP contribution in [0.2, 0.25) is 0 Å². The third-order valence-corrected chi connectivity index (χ3v) is 3.61. The second-order valence-electron chi connectivity index (χ2n) is 5.07. The number of carbonyl (C=O) groups is 1. The molecule has 2 aromatic rings. The predicted molar refractivity (Wildman–Crippen MR) is 71.9 cm³/mol. The van der Waals surface area contributed by atoms with Gasteiger partial charge in [-0.3, -0.25) is 9.89 Å². The van der Waals surface area contributed by atoms with Gasteiger partial charge in [0.15, 0.2) is 11.5 Å². The molecule has 0 saturated carbocycles. The van der Waals surface area contributed by atoms with Crippen LogP contribution in [-0.2, 0) is 4.74 Å². The fourth-order valence-electron chi connectivity index (χ4n) is 2.52. The summed E-state index contributed by atoms with van der Waals surface area (Å²) in [4.78, 5) is 15.4. The number of aromatic amines is 1. The number of hydrogen-bond acceptors (Lipinski definition) is 4. The molecule has 1 saturated heterocycles. The van der Waals surface area contributed by atoms with Gasteiger partial charge in [-0.2, -0.15) is 5.10 Å². The van der Waals surface area contributed by atoms with Gasteiger partial charge in [-0.05, 0) is 6.42 Å². The molecule has 6 nitrogen and oxygen atoms in total. The zero-order valence-corrected chi connectivity index (χ0v) is 11.6. The third kappa shape index (κ3) is 2.96. The van der Waals surface area contributed by atoms with E-state index in [-0.39, 0.29) is 12.0 Å². The van der Waals surface area contributed by atoms with Gasteiger partial charge in [-0.15, -0.1) is 0 Å². The van der Waals surface area contributed by atoms with Gasteiger partial charge in [-0.1, -0.05) is 0 Å². The van der Waals surface area contributed by atoms with Crippen molar-refractivity contribution in [2.75, 3.05) is 13.2 Å². The van der Waals surface area contributed by atoms with E-state index < -0.39 is 23.2 Å². The van der Waals surface area contributed by atoms with E-state index in [0.717, 1.165) is 18.2 Å². The van der Waals surface area contributed by atoms with Gasteiger partial charge in [0.05, 0.1) is 18.5 Å². The molecule has 0 aliphatic carbocycles. The molecule has 2 N–H and O–H groups in total. The first kappa shape index (κ1) is 14.6. The molecule has 3 rings (SSSR count). The molecule has 0 aromatic carbocycles. The van der Waals surface area contributed by atoms with Crippen LogP contribution in [0.1, 0.15) is 28.6 Å². The van der Waals surface area contributed by atoms with Crippen molar-refractivity contribution in [3.8, 4) is 0 Å². The largest absolute Gasteiger partial charge is 0.373 e. The van der Waals surface area contributed by atoms with Gasteiger partial charge in [0, 0.05) is 36.9 Å². The summed E-state index contributed by atoms with van der Waals surface area (Å²) in [6, 6.07) is 0.634. The minimum Gasteiger partial charge on any atom is -0.373 e. The van der Waals surface area contributed by atoms with Crippen molar-refractivity contribution in [2.24, 2.45) is 5.92 Å². The molecular weight excluding hydrogens is 294 g/mol. The highest BCUT2D eigenvalue weighted by Gasteiger charge is 2.30. The normalized spacial score (nSPS) is 21.0. The average molecular weight is 308 g/mol. The molecule has 2 aromatic heterocycles. The Kier molecular flexibility index (Phi) is 4.10. The number of nitrogens with one attached hydrogen (secondary N) is 2. The summed E-state index contributed by atoms with van der Waals surface area (Å²) < 4.78 is 31.9. The van der Waals surface area contributed by atoms with Crippen LogP contribution < -0.4 is 5.32 Å². The lowest BCUT2D eigenvalue weighted by Crippen LogP contribution is -2.31. The molecular formula is C14H14F2N4O2. The molecule has 1 amide bonds. The monoisotopic (exact) mass is 308 g/mol. The number of ether oxygens (including phenoxy) is 1. The summed E-state index contributed by atoms with van der Waals surface area (Å²) >= 11 is 0. The van der Waals surface area contributed by atoms with E-state index in [2.05, 4.69) is 20.5 Å². The van der Waals surface area contributed by atoms with Gasteiger partial charge in [0.1, 0.15) is 5.82 Å². The zero-order valence-electron chi connectivity index (χ0n) is 11.6. The molecule has 1 fully saturated rings. The smallest absolute Gasteiger partial charge is 0.272 e. The van der Waals surface area contributed by atoms with Crippen LogP contribution in [0.15, 0.2) is 24.7 Å². The van der Waals surface area contributed by atoms with Crippen LogP contribution in [0.4, 0.5) is 8.78 Å². The first-order valence-electron chi connectivity index (χ1n) is 6.84. The Bertz CT molecular complexity index is 663. The van der Waals surface area contributed by atoms with Crippen molar-refractivity contribution in [1.29, 1.82) is 0 Å². The molecule has 0 bridgehead atoms. The fourth-order valence-corrected chi connectivity index (χ4v) is 2.52. The Morgan fingerprint density at radius 3 is 3.05 bits per heavy atom. The number of pyridine rings is 1. The summed E-state index contributed by atoms with van der Waals surface area (Å²) in [5, 5.41) is 9.21. The van der Waals surface area contributed by atoms with Gasteiger partial charge < -0.3 is 10.1 Å². The lowest BCUT2D eigenvalue weighted by atomic mass is 9.97. The van der Waals surface area contributed by atoms with Crippen molar-refractivity contribution >= 4 is 5.91 Å². The Morgan fingerprint density at radius 1 is 1.45 bits per heavy atom. The van der Waals surface area contributed by atoms with Crippen LogP contribution in [-0.4, -0.2) is 34.2 Å².